The molecule has 0 amide bonds. The Labute approximate surface area is 93.1 Å². The second kappa shape index (κ2) is 5.85. The van der Waals surface area contributed by atoms with Crippen LogP contribution in [0, 0.1) is 0 Å². The molecular formula is C10H15NO3S. The van der Waals surface area contributed by atoms with Gasteiger partial charge in [-0.25, -0.2) is 0 Å². The van der Waals surface area contributed by atoms with Gasteiger partial charge in [0.15, 0.2) is 0 Å². The lowest BCUT2D eigenvalue weighted by atomic mass is 10.2. The van der Waals surface area contributed by atoms with Gasteiger partial charge in [0.2, 0.25) is 0 Å². The van der Waals surface area contributed by atoms with Crippen molar-refractivity contribution in [3.05, 3.63) is 22.4 Å². The first kappa shape index (κ1) is 12.2. The molecule has 5 heteroatoms. The molecule has 1 heterocycles. The Morgan fingerprint density at radius 2 is 2.47 bits per heavy atom. The van der Waals surface area contributed by atoms with Crippen molar-refractivity contribution >= 4 is 17.3 Å². The van der Waals surface area contributed by atoms with Gasteiger partial charge in [0.25, 0.3) is 0 Å². The lowest BCUT2D eigenvalue weighted by Crippen LogP contribution is -2.41. The predicted octanol–water partition coefficient (Wildman–Crippen LogP) is 1.28. The lowest BCUT2D eigenvalue weighted by Gasteiger charge is -2.23. The first-order valence-corrected chi connectivity index (χ1v) is 5.47. The summed E-state index contributed by atoms with van der Waals surface area (Å²) in [5.74, 6) is -0.851. The molecule has 0 aliphatic carbocycles. The highest BCUT2D eigenvalue weighted by Gasteiger charge is 2.22. The number of aliphatic carboxylic acids is 1. The molecule has 4 nitrogen and oxygen atoms in total. The summed E-state index contributed by atoms with van der Waals surface area (Å²) in [6, 6.07) is 3.37. The van der Waals surface area contributed by atoms with Crippen LogP contribution in [0.15, 0.2) is 17.5 Å². The number of thiophene rings is 1. The molecule has 0 saturated heterocycles. The summed E-state index contributed by atoms with van der Waals surface area (Å²) in [6.45, 7) is 0.842. The third-order valence-corrected chi connectivity index (χ3v) is 2.99. The summed E-state index contributed by atoms with van der Waals surface area (Å²) < 4.78 is 4.89. The Morgan fingerprint density at radius 1 is 1.73 bits per heavy atom. The standard InChI is InChI=1S/C10H15NO3S/c1-11(6-8-4-3-5-15-8)9(7-14-2)10(12)13/h3-5,9H,6-7H2,1-2H3,(H,12,13). The third kappa shape index (κ3) is 3.62. The van der Waals surface area contributed by atoms with E-state index in [-0.39, 0.29) is 6.61 Å². The van der Waals surface area contributed by atoms with Crippen molar-refractivity contribution in [2.24, 2.45) is 0 Å². The van der Waals surface area contributed by atoms with E-state index < -0.39 is 12.0 Å². The van der Waals surface area contributed by atoms with Gasteiger partial charge in [0, 0.05) is 18.5 Å². The minimum Gasteiger partial charge on any atom is -0.480 e. The van der Waals surface area contributed by atoms with Crippen LogP contribution >= 0.6 is 11.3 Å². The fourth-order valence-electron chi connectivity index (χ4n) is 1.30. The normalized spacial score (nSPS) is 13.0. The van der Waals surface area contributed by atoms with Gasteiger partial charge in [-0.2, -0.15) is 0 Å². The number of hydrogen-bond acceptors (Lipinski definition) is 4. The molecular weight excluding hydrogens is 214 g/mol. The first-order chi connectivity index (χ1) is 7.15. The van der Waals surface area contributed by atoms with E-state index in [4.69, 9.17) is 9.84 Å². The molecule has 0 fully saturated rings. The maximum Gasteiger partial charge on any atom is 0.323 e. The molecule has 0 aromatic carbocycles. The molecule has 1 atom stereocenters. The van der Waals surface area contributed by atoms with E-state index in [9.17, 15) is 4.79 Å². The van der Waals surface area contributed by atoms with Crippen molar-refractivity contribution in [2.75, 3.05) is 20.8 Å². The molecule has 1 rings (SSSR count). The summed E-state index contributed by atoms with van der Waals surface area (Å²) in [7, 11) is 3.30. The van der Waals surface area contributed by atoms with Crippen LogP contribution in [0.5, 0.6) is 0 Å². The minimum atomic E-state index is -0.851. The highest BCUT2D eigenvalue weighted by Crippen LogP contribution is 2.12. The molecule has 0 radical (unpaired) electrons. The smallest absolute Gasteiger partial charge is 0.323 e. The Kier molecular flexibility index (Phi) is 4.74. The van der Waals surface area contributed by atoms with Crippen molar-refractivity contribution in [3.63, 3.8) is 0 Å². The summed E-state index contributed by atoms with van der Waals surface area (Å²) in [5.41, 5.74) is 0. The van der Waals surface area contributed by atoms with Gasteiger partial charge >= 0.3 is 5.97 Å². The van der Waals surface area contributed by atoms with Crippen molar-refractivity contribution in [3.8, 4) is 0 Å². The lowest BCUT2D eigenvalue weighted by molar-refractivity contribution is -0.144. The molecule has 0 saturated carbocycles. The zero-order chi connectivity index (χ0) is 11.3. The fourth-order valence-corrected chi connectivity index (χ4v) is 2.07. The van der Waals surface area contributed by atoms with Gasteiger partial charge in [-0.1, -0.05) is 6.07 Å². The number of nitrogens with zero attached hydrogens (tertiary/aromatic N) is 1. The molecule has 1 aromatic heterocycles. The van der Waals surface area contributed by atoms with E-state index >= 15 is 0 Å². The summed E-state index contributed by atoms with van der Waals surface area (Å²) >= 11 is 1.62. The Morgan fingerprint density at radius 3 is 2.93 bits per heavy atom. The van der Waals surface area contributed by atoms with Gasteiger partial charge in [-0.15, -0.1) is 11.3 Å². The fraction of sp³-hybridized carbons (Fsp3) is 0.500. The minimum absolute atomic E-state index is 0.206. The van der Waals surface area contributed by atoms with Gasteiger partial charge in [0.05, 0.1) is 6.61 Å². The van der Waals surface area contributed by atoms with Crippen LogP contribution in [-0.2, 0) is 16.1 Å². The van der Waals surface area contributed by atoms with Crippen molar-refractivity contribution < 1.29 is 14.6 Å². The topological polar surface area (TPSA) is 49.8 Å². The van der Waals surface area contributed by atoms with Crippen LogP contribution in [0.3, 0.4) is 0 Å². The summed E-state index contributed by atoms with van der Waals surface area (Å²) in [5, 5.41) is 11.0. The van der Waals surface area contributed by atoms with Crippen LogP contribution in [0.25, 0.3) is 0 Å². The zero-order valence-corrected chi connectivity index (χ0v) is 9.66. The largest absolute Gasteiger partial charge is 0.480 e. The highest BCUT2D eigenvalue weighted by molar-refractivity contribution is 7.09. The quantitative estimate of drug-likeness (QED) is 0.798. The molecule has 0 aliphatic rings. The maximum absolute atomic E-state index is 10.9. The molecule has 0 bridgehead atoms. The SMILES string of the molecule is COCC(C(=O)O)N(C)Cc1cccs1. The summed E-state index contributed by atoms with van der Waals surface area (Å²) in [6.07, 6.45) is 0. The zero-order valence-electron chi connectivity index (χ0n) is 8.84. The second-order valence-corrected chi connectivity index (χ2v) is 4.34. The molecule has 1 unspecified atom stereocenters. The van der Waals surface area contributed by atoms with Crippen molar-refractivity contribution in [2.45, 2.75) is 12.6 Å². The molecule has 0 spiro atoms. The molecule has 1 aromatic rings. The van der Waals surface area contributed by atoms with Gasteiger partial charge in [0.1, 0.15) is 6.04 Å². The Hall–Kier alpha value is -0.910. The van der Waals surface area contributed by atoms with Crippen molar-refractivity contribution in [1.29, 1.82) is 0 Å². The van der Waals surface area contributed by atoms with E-state index in [1.165, 1.54) is 7.11 Å². The van der Waals surface area contributed by atoms with E-state index in [1.807, 2.05) is 17.5 Å². The molecule has 15 heavy (non-hydrogen) atoms. The van der Waals surface area contributed by atoms with Crippen LogP contribution < -0.4 is 0 Å². The number of likely N-dealkylation sites (N-methyl/N-ethyl adjacent to an activating group) is 1. The number of rotatable bonds is 6. The van der Waals surface area contributed by atoms with E-state index in [1.54, 1.807) is 23.3 Å². The van der Waals surface area contributed by atoms with Crippen LogP contribution in [0.1, 0.15) is 4.88 Å². The van der Waals surface area contributed by atoms with Crippen molar-refractivity contribution in [1.82, 2.24) is 4.90 Å². The number of carboxylic acids is 1. The number of ether oxygens (including phenoxy) is 1. The number of carbonyl (C=O) groups is 1. The number of methoxy groups -OCH3 is 1. The molecule has 0 aliphatic heterocycles. The summed E-state index contributed by atoms with van der Waals surface area (Å²) in [4.78, 5) is 13.9. The van der Waals surface area contributed by atoms with E-state index in [0.717, 1.165) is 4.88 Å². The monoisotopic (exact) mass is 229 g/mol. The van der Waals surface area contributed by atoms with E-state index in [2.05, 4.69) is 0 Å². The average Bonchev–Trinajstić information content (AvgIpc) is 2.65. The van der Waals surface area contributed by atoms with Gasteiger partial charge in [-0.05, 0) is 18.5 Å². The first-order valence-electron chi connectivity index (χ1n) is 4.59. The predicted molar refractivity (Wildman–Crippen MR) is 59.1 cm³/mol. The number of hydrogen-bond donors (Lipinski definition) is 1. The third-order valence-electron chi connectivity index (χ3n) is 2.13. The van der Waals surface area contributed by atoms with Gasteiger partial charge < -0.3 is 9.84 Å². The number of carboxylic acid groups (broad SMARTS) is 1. The second-order valence-electron chi connectivity index (χ2n) is 3.30. The van der Waals surface area contributed by atoms with Gasteiger partial charge in [-0.3, -0.25) is 9.69 Å². The van der Waals surface area contributed by atoms with Crippen LogP contribution in [-0.4, -0.2) is 42.8 Å². The molecule has 1 N–H and O–H groups in total. The highest BCUT2D eigenvalue weighted by atomic mass is 32.1. The Bertz CT molecular complexity index is 300. The molecule has 84 valence electrons. The van der Waals surface area contributed by atoms with Crippen LogP contribution in [0.2, 0.25) is 0 Å². The van der Waals surface area contributed by atoms with Crippen LogP contribution in [0.4, 0.5) is 0 Å². The average molecular weight is 229 g/mol. The Balaban J connectivity index is 2.56. The maximum atomic E-state index is 10.9. The van der Waals surface area contributed by atoms with E-state index in [0.29, 0.717) is 6.54 Å².